The van der Waals surface area contributed by atoms with Gasteiger partial charge >= 0.3 is 5.97 Å². The molecule has 0 fully saturated rings. The highest BCUT2D eigenvalue weighted by atomic mass is 35.5. The van der Waals surface area contributed by atoms with Gasteiger partial charge in [0, 0.05) is 19.5 Å². The minimum Gasteiger partial charge on any atom is -0.481 e. The molecule has 7 heteroatoms. The van der Waals surface area contributed by atoms with Gasteiger partial charge in [0.15, 0.2) is 5.82 Å². The zero-order chi connectivity index (χ0) is 21.4. The van der Waals surface area contributed by atoms with E-state index < -0.39 is 5.97 Å². The molecule has 0 bridgehead atoms. The van der Waals surface area contributed by atoms with Gasteiger partial charge in [-0.25, -0.2) is 9.07 Å². The average molecular weight is 428 g/mol. The molecule has 156 valence electrons. The van der Waals surface area contributed by atoms with Gasteiger partial charge in [-0.2, -0.15) is 5.10 Å². The summed E-state index contributed by atoms with van der Waals surface area (Å²) in [5.74, 6) is -0.394. The molecule has 4 rings (SSSR count). The summed E-state index contributed by atoms with van der Waals surface area (Å²) < 4.78 is 16.8. The van der Waals surface area contributed by atoms with E-state index in [1.165, 1.54) is 0 Å². The quantitative estimate of drug-likeness (QED) is 0.631. The molecule has 5 nitrogen and oxygen atoms in total. The molecular weight excluding hydrogens is 405 g/mol. The van der Waals surface area contributed by atoms with Crippen molar-refractivity contribution in [3.63, 3.8) is 0 Å². The summed E-state index contributed by atoms with van der Waals surface area (Å²) in [5.41, 5.74) is 4.85. The van der Waals surface area contributed by atoms with E-state index in [0.717, 1.165) is 28.3 Å². The van der Waals surface area contributed by atoms with Gasteiger partial charge in [-0.15, -0.1) is 0 Å². The Balaban J connectivity index is 1.66. The van der Waals surface area contributed by atoms with Crippen LogP contribution in [-0.4, -0.2) is 27.4 Å². The first-order valence-corrected chi connectivity index (χ1v) is 10.3. The van der Waals surface area contributed by atoms with E-state index in [0.29, 0.717) is 35.7 Å². The van der Waals surface area contributed by atoms with Crippen molar-refractivity contribution < 1.29 is 14.3 Å². The van der Waals surface area contributed by atoms with Crippen molar-refractivity contribution in [3.8, 4) is 5.69 Å². The van der Waals surface area contributed by atoms with E-state index in [-0.39, 0.29) is 18.7 Å². The standard InChI is InChI=1S/C23H23ClFN3O2/c1-14-3-8-18(9-4-14)28-23(21(24)15(2)26-28)27-12-11-19-17(13-27)6-5-16(22(19)25)7-10-20(29)30/h3-6,8-9H,7,10-13H2,1-2H3,(H,29,30). The van der Waals surface area contributed by atoms with Gasteiger partial charge in [0.2, 0.25) is 0 Å². The number of rotatable bonds is 5. The number of nitrogens with zero attached hydrogens (tertiary/aromatic N) is 3. The van der Waals surface area contributed by atoms with Crippen molar-refractivity contribution >= 4 is 23.4 Å². The summed E-state index contributed by atoms with van der Waals surface area (Å²) in [6, 6.07) is 11.7. The number of aryl methyl sites for hydroxylation is 3. The third-order valence-corrected chi connectivity index (χ3v) is 6.01. The predicted octanol–water partition coefficient (Wildman–Crippen LogP) is 4.86. The van der Waals surface area contributed by atoms with E-state index >= 15 is 0 Å². The maximum Gasteiger partial charge on any atom is 0.303 e. The van der Waals surface area contributed by atoms with Crippen LogP contribution in [0.3, 0.4) is 0 Å². The summed E-state index contributed by atoms with van der Waals surface area (Å²) in [7, 11) is 0. The van der Waals surface area contributed by atoms with Crippen molar-refractivity contribution in [1.82, 2.24) is 9.78 Å². The minimum absolute atomic E-state index is 0.0769. The van der Waals surface area contributed by atoms with Crippen LogP contribution in [0.1, 0.15) is 34.4 Å². The molecule has 0 saturated heterocycles. The lowest BCUT2D eigenvalue weighted by molar-refractivity contribution is -0.136. The molecular formula is C23H23ClFN3O2. The molecule has 0 saturated carbocycles. The molecule has 0 spiro atoms. The molecule has 0 radical (unpaired) electrons. The van der Waals surface area contributed by atoms with E-state index in [1.54, 1.807) is 6.07 Å². The van der Waals surface area contributed by atoms with Gasteiger partial charge < -0.3 is 10.0 Å². The summed E-state index contributed by atoms with van der Waals surface area (Å²) in [4.78, 5) is 12.9. The van der Waals surface area contributed by atoms with Gasteiger partial charge in [-0.3, -0.25) is 4.79 Å². The normalized spacial score (nSPS) is 13.4. The first kappa shape index (κ1) is 20.4. The Bertz CT molecular complexity index is 1110. The van der Waals surface area contributed by atoms with Crippen molar-refractivity contribution in [1.29, 1.82) is 0 Å². The first-order valence-electron chi connectivity index (χ1n) is 9.93. The number of carboxylic acids is 1. The van der Waals surface area contributed by atoms with Gasteiger partial charge in [-0.1, -0.05) is 41.4 Å². The van der Waals surface area contributed by atoms with Gasteiger partial charge in [-0.05, 0) is 55.5 Å². The van der Waals surface area contributed by atoms with Crippen LogP contribution >= 0.6 is 11.6 Å². The first-order chi connectivity index (χ1) is 14.3. The number of halogens is 2. The van der Waals surface area contributed by atoms with E-state index in [9.17, 15) is 9.18 Å². The molecule has 0 amide bonds. The number of hydrogen-bond donors (Lipinski definition) is 1. The monoisotopic (exact) mass is 427 g/mol. The van der Waals surface area contributed by atoms with Crippen LogP contribution in [0.2, 0.25) is 5.02 Å². The smallest absolute Gasteiger partial charge is 0.303 e. The Kier molecular flexibility index (Phi) is 5.52. The molecule has 1 aliphatic rings. The number of benzene rings is 2. The van der Waals surface area contributed by atoms with Crippen molar-refractivity contribution in [2.75, 3.05) is 11.4 Å². The maximum absolute atomic E-state index is 14.9. The molecule has 2 heterocycles. The summed E-state index contributed by atoms with van der Waals surface area (Å²) >= 11 is 6.63. The topological polar surface area (TPSA) is 58.4 Å². The lowest BCUT2D eigenvalue weighted by Crippen LogP contribution is -2.33. The molecule has 3 aromatic rings. The third kappa shape index (κ3) is 3.79. The van der Waals surface area contributed by atoms with Crippen LogP contribution in [0, 0.1) is 19.7 Å². The summed E-state index contributed by atoms with van der Waals surface area (Å²) in [5, 5.41) is 14.1. The molecule has 0 atom stereocenters. The minimum atomic E-state index is -0.923. The van der Waals surface area contributed by atoms with Gasteiger partial charge in [0.25, 0.3) is 0 Å². The summed E-state index contributed by atoms with van der Waals surface area (Å²) in [6.45, 7) is 5.03. The van der Waals surface area contributed by atoms with Crippen LogP contribution in [0.5, 0.6) is 0 Å². The fraction of sp³-hybridized carbons (Fsp3) is 0.304. The zero-order valence-corrected chi connectivity index (χ0v) is 17.7. The molecule has 1 N–H and O–H groups in total. The molecule has 1 aromatic heterocycles. The predicted molar refractivity (Wildman–Crippen MR) is 115 cm³/mol. The molecule has 2 aromatic carbocycles. The number of anilines is 1. The number of aliphatic carboxylic acids is 1. The second-order valence-corrected chi connectivity index (χ2v) is 8.09. The van der Waals surface area contributed by atoms with Crippen LogP contribution in [-0.2, 0) is 24.2 Å². The third-order valence-electron chi connectivity index (χ3n) is 5.56. The van der Waals surface area contributed by atoms with E-state index in [1.807, 2.05) is 48.9 Å². The second-order valence-electron chi connectivity index (χ2n) is 7.71. The Morgan fingerprint density at radius 1 is 1.20 bits per heavy atom. The number of carbonyl (C=O) groups is 1. The highest BCUT2D eigenvalue weighted by molar-refractivity contribution is 6.33. The zero-order valence-electron chi connectivity index (χ0n) is 17.0. The van der Waals surface area contributed by atoms with Crippen LogP contribution in [0.25, 0.3) is 5.69 Å². The maximum atomic E-state index is 14.9. The number of hydrogen-bond acceptors (Lipinski definition) is 3. The SMILES string of the molecule is Cc1ccc(-n2nc(C)c(Cl)c2N2CCc3c(ccc(CCC(=O)O)c3F)C2)cc1. The van der Waals surface area contributed by atoms with E-state index in [4.69, 9.17) is 16.7 Å². The number of fused-ring (bicyclic) bond motifs is 1. The Morgan fingerprint density at radius 3 is 2.63 bits per heavy atom. The fourth-order valence-corrected chi connectivity index (χ4v) is 4.15. The van der Waals surface area contributed by atoms with Crippen molar-refractivity contribution in [2.24, 2.45) is 0 Å². The molecule has 30 heavy (non-hydrogen) atoms. The lowest BCUT2D eigenvalue weighted by Gasteiger charge is -2.31. The highest BCUT2D eigenvalue weighted by Gasteiger charge is 2.27. The number of aromatic nitrogens is 2. The number of carboxylic acid groups (broad SMARTS) is 1. The van der Waals surface area contributed by atoms with Crippen LogP contribution in [0.4, 0.5) is 10.2 Å². The van der Waals surface area contributed by atoms with Gasteiger partial charge in [0.05, 0.1) is 11.4 Å². The molecule has 0 aliphatic carbocycles. The molecule has 1 aliphatic heterocycles. The fourth-order valence-electron chi connectivity index (χ4n) is 3.91. The van der Waals surface area contributed by atoms with E-state index in [2.05, 4.69) is 10.00 Å². The largest absolute Gasteiger partial charge is 0.481 e. The average Bonchev–Trinajstić information content (AvgIpc) is 3.02. The highest BCUT2D eigenvalue weighted by Crippen LogP contribution is 2.35. The molecule has 0 unspecified atom stereocenters. The van der Waals surface area contributed by atoms with Crippen LogP contribution in [0.15, 0.2) is 36.4 Å². The van der Waals surface area contributed by atoms with Gasteiger partial charge in [0.1, 0.15) is 10.8 Å². The second kappa shape index (κ2) is 8.11. The van der Waals surface area contributed by atoms with Crippen molar-refractivity contribution in [3.05, 3.63) is 75.2 Å². The Labute approximate surface area is 179 Å². The lowest BCUT2D eigenvalue weighted by atomic mass is 9.94. The van der Waals surface area contributed by atoms with Crippen molar-refractivity contribution in [2.45, 2.75) is 39.7 Å². The van der Waals surface area contributed by atoms with Crippen LogP contribution < -0.4 is 4.90 Å². The Morgan fingerprint density at radius 2 is 1.93 bits per heavy atom. The Hall–Kier alpha value is -2.86. The summed E-state index contributed by atoms with van der Waals surface area (Å²) in [6.07, 6.45) is 0.645.